The molecule has 0 N–H and O–H groups in total. The largest absolute Gasteiger partial charge is 0.427 e. The summed E-state index contributed by atoms with van der Waals surface area (Å²) < 4.78 is 5.28. The fraction of sp³-hybridized carbons (Fsp3) is 0.105. The van der Waals surface area contributed by atoms with Crippen molar-refractivity contribution in [2.75, 3.05) is 0 Å². The van der Waals surface area contributed by atoms with Crippen molar-refractivity contribution in [3.8, 4) is 16.9 Å². The predicted octanol–water partition coefficient (Wildman–Crippen LogP) is 4.82. The summed E-state index contributed by atoms with van der Waals surface area (Å²) >= 11 is 0. The molecule has 0 heterocycles. The Hall–Kier alpha value is -2.61. The zero-order valence-electron chi connectivity index (χ0n) is 11.9. The number of hydrogen-bond donors (Lipinski definition) is 0. The van der Waals surface area contributed by atoms with E-state index in [1.165, 1.54) is 5.56 Å². The van der Waals surface area contributed by atoms with Crippen molar-refractivity contribution in [3.05, 3.63) is 66.7 Å². The molecule has 0 atom stereocenters. The number of carbonyl (C=O) groups excluding carboxylic acids is 1. The van der Waals surface area contributed by atoms with Crippen LogP contribution in [0, 0.1) is 0 Å². The van der Waals surface area contributed by atoms with Crippen LogP contribution in [0.2, 0.25) is 0 Å². The maximum atomic E-state index is 11.4. The summed E-state index contributed by atoms with van der Waals surface area (Å²) in [7, 11) is 0. The van der Waals surface area contributed by atoms with Gasteiger partial charge in [-0.2, -0.15) is 0 Å². The molecule has 0 saturated carbocycles. The molecule has 0 aromatic heterocycles. The molecule has 21 heavy (non-hydrogen) atoms. The Morgan fingerprint density at radius 3 is 2.38 bits per heavy atom. The van der Waals surface area contributed by atoms with Gasteiger partial charge in [0.25, 0.3) is 0 Å². The van der Waals surface area contributed by atoms with E-state index in [1.807, 2.05) is 36.4 Å². The zero-order chi connectivity index (χ0) is 14.7. The fourth-order valence-electron chi connectivity index (χ4n) is 2.30. The van der Waals surface area contributed by atoms with Gasteiger partial charge in [0.05, 0.1) is 0 Å². The first-order valence-electron chi connectivity index (χ1n) is 7.06. The topological polar surface area (TPSA) is 26.3 Å². The minimum absolute atomic E-state index is 0.214. The monoisotopic (exact) mass is 276 g/mol. The van der Waals surface area contributed by atoms with Gasteiger partial charge in [-0.15, -0.1) is 0 Å². The first-order valence-corrected chi connectivity index (χ1v) is 7.06. The number of rotatable bonds is 3. The quantitative estimate of drug-likeness (QED) is 0.506. The van der Waals surface area contributed by atoms with Gasteiger partial charge in [0.15, 0.2) is 0 Å². The fourth-order valence-corrected chi connectivity index (χ4v) is 2.30. The van der Waals surface area contributed by atoms with Gasteiger partial charge in [0, 0.05) is 6.42 Å². The molecule has 104 valence electrons. The van der Waals surface area contributed by atoms with Gasteiger partial charge in [0.1, 0.15) is 5.75 Å². The van der Waals surface area contributed by atoms with Crippen LogP contribution in [0.3, 0.4) is 0 Å². The summed E-state index contributed by atoms with van der Waals surface area (Å²) in [6.07, 6.45) is 0.377. The summed E-state index contributed by atoms with van der Waals surface area (Å²) in [5.74, 6) is 0.383. The van der Waals surface area contributed by atoms with Crippen molar-refractivity contribution in [1.29, 1.82) is 0 Å². The van der Waals surface area contributed by atoms with Crippen molar-refractivity contribution in [2.24, 2.45) is 0 Å². The van der Waals surface area contributed by atoms with E-state index in [4.69, 9.17) is 4.74 Å². The Kier molecular flexibility index (Phi) is 3.69. The lowest BCUT2D eigenvalue weighted by Crippen LogP contribution is -2.05. The second-order valence-corrected chi connectivity index (χ2v) is 4.92. The van der Waals surface area contributed by atoms with E-state index >= 15 is 0 Å². The van der Waals surface area contributed by atoms with Gasteiger partial charge in [-0.05, 0) is 40.1 Å². The number of fused-ring (bicyclic) bond motifs is 1. The second-order valence-electron chi connectivity index (χ2n) is 4.92. The molecule has 3 aromatic rings. The average Bonchev–Trinajstić information content (AvgIpc) is 2.55. The van der Waals surface area contributed by atoms with Crippen molar-refractivity contribution in [3.63, 3.8) is 0 Å². The Balaban J connectivity index is 2.01. The molecule has 2 nitrogen and oxygen atoms in total. The highest BCUT2D eigenvalue weighted by molar-refractivity contribution is 5.89. The highest BCUT2D eigenvalue weighted by Crippen LogP contribution is 2.27. The van der Waals surface area contributed by atoms with Crippen LogP contribution in [-0.4, -0.2) is 5.97 Å². The van der Waals surface area contributed by atoms with Gasteiger partial charge in [-0.1, -0.05) is 55.5 Å². The van der Waals surface area contributed by atoms with Crippen LogP contribution in [0.4, 0.5) is 0 Å². The number of hydrogen-bond acceptors (Lipinski definition) is 2. The SMILES string of the molecule is CCC(=O)Oc1ccc2ccc(-c3ccccc3)cc2c1. The van der Waals surface area contributed by atoms with Gasteiger partial charge < -0.3 is 4.74 Å². The Labute approximate surface area is 124 Å². The molecule has 0 amide bonds. The molecule has 0 unspecified atom stereocenters. The van der Waals surface area contributed by atoms with E-state index in [2.05, 4.69) is 30.3 Å². The first kappa shape index (κ1) is 13.4. The van der Waals surface area contributed by atoms with Crippen LogP contribution in [-0.2, 0) is 4.79 Å². The predicted molar refractivity (Wildman–Crippen MR) is 85.3 cm³/mol. The normalized spacial score (nSPS) is 10.5. The summed E-state index contributed by atoms with van der Waals surface area (Å²) in [5.41, 5.74) is 2.33. The van der Waals surface area contributed by atoms with Crippen LogP contribution in [0.25, 0.3) is 21.9 Å². The highest BCUT2D eigenvalue weighted by atomic mass is 16.5. The second kappa shape index (κ2) is 5.80. The van der Waals surface area contributed by atoms with E-state index < -0.39 is 0 Å². The lowest BCUT2D eigenvalue weighted by molar-refractivity contribution is -0.134. The van der Waals surface area contributed by atoms with E-state index in [0.717, 1.165) is 16.3 Å². The molecule has 3 rings (SSSR count). The molecule has 0 saturated heterocycles. The number of benzene rings is 3. The molecule has 3 aromatic carbocycles. The molecule has 0 radical (unpaired) electrons. The molecule has 2 heteroatoms. The van der Waals surface area contributed by atoms with E-state index in [9.17, 15) is 4.79 Å². The van der Waals surface area contributed by atoms with Crippen LogP contribution in [0.15, 0.2) is 66.7 Å². The van der Waals surface area contributed by atoms with Crippen molar-refractivity contribution < 1.29 is 9.53 Å². The van der Waals surface area contributed by atoms with Crippen LogP contribution >= 0.6 is 0 Å². The Bertz CT molecular complexity index is 776. The standard InChI is InChI=1S/C19H16O2/c1-2-19(20)21-18-11-10-15-8-9-16(12-17(15)13-18)14-6-4-3-5-7-14/h3-13H,2H2,1H3. The number of carbonyl (C=O) groups is 1. The number of ether oxygens (including phenoxy) is 1. The van der Waals surface area contributed by atoms with Crippen molar-refractivity contribution >= 4 is 16.7 Å². The molecule has 0 bridgehead atoms. The lowest BCUT2D eigenvalue weighted by Gasteiger charge is -2.07. The minimum Gasteiger partial charge on any atom is -0.427 e. The molecule has 0 spiro atoms. The van der Waals surface area contributed by atoms with Gasteiger partial charge >= 0.3 is 5.97 Å². The molecule has 0 fully saturated rings. The first-order chi connectivity index (χ1) is 10.3. The molecular weight excluding hydrogens is 260 g/mol. The van der Waals surface area contributed by atoms with Gasteiger partial charge in [-0.25, -0.2) is 0 Å². The summed E-state index contributed by atoms with van der Waals surface area (Å²) in [4.78, 5) is 11.4. The molecular formula is C19H16O2. The van der Waals surface area contributed by atoms with Crippen molar-refractivity contribution in [2.45, 2.75) is 13.3 Å². The maximum absolute atomic E-state index is 11.4. The highest BCUT2D eigenvalue weighted by Gasteiger charge is 2.04. The number of esters is 1. The van der Waals surface area contributed by atoms with Gasteiger partial charge in [-0.3, -0.25) is 4.79 Å². The smallest absolute Gasteiger partial charge is 0.310 e. The Morgan fingerprint density at radius 1 is 0.857 bits per heavy atom. The summed E-state index contributed by atoms with van der Waals surface area (Å²) in [5, 5.41) is 2.20. The molecule has 0 aliphatic heterocycles. The zero-order valence-corrected chi connectivity index (χ0v) is 11.9. The lowest BCUT2D eigenvalue weighted by atomic mass is 10.0. The van der Waals surface area contributed by atoms with Crippen LogP contribution < -0.4 is 4.74 Å². The summed E-state index contributed by atoms with van der Waals surface area (Å²) in [6, 6.07) is 22.3. The molecule has 0 aliphatic rings. The third kappa shape index (κ3) is 2.95. The minimum atomic E-state index is -0.214. The third-order valence-electron chi connectivity index (χ3n) is 3.44. The third-order valence-corrected chi connectivity index (χ3v) is 3.44. The van der Waals surface area contributed by atoms with Crippen molar-refractivity contribution in [1.82, 2.24) is 0 Å². The Morgan fingerprint density at radius 2 is 1.62 bits per heavy atom. The van der Waals surface area contributed by atoms with E-state index in [0.29, 0.717) is 12.2 Å². The molecule has 0 aliphatic carbocycles. The van der Waals surface area contributed by atoms with Crippen LogP contribution in [0.1, 0.15) is 13.3 Å². The van der Waals surface area contributed by atoms with Crippen LogP contribution in [0.5, 0.6) is 5.75 Å². The van der Waals surface area contributed by atoms with E-state index in [-0.39, 0.29) is 5.97 Å². The van der Waals surface area contributed by atoms with Gasteiger partial charge in [0.2, 0.25) is 0 Å². The average molecular weight is 276 g/mol. The summed E-state index contributed by atoms with van der Waals surface area (Å²) in [6.45, 7) is 1.79. The van der Waals surface area contributed by atoms with E-state index in [1.54, 1.807) is 6.92 Å². The maximum Gasteiger partial charge on any atom is 0.310 e.